The van der Waals surface area contributed by atoms with E-state index >= 15 is 0 Å². The van der Waals surface area contributed by atoms with E-state index in [0.717, 1.165) is 38.5 Å². The maximum Gasteiger partial charge on any atom is 0.221 e. The first-order valence-electron chi connectivity index (χ1n) is 6.76. The number of hydrogen-bond acceptors (Lipinski definition) is 3. The van der Waals surface area contributed by atoms with Gasteiger partial charge in [0.05, 0.1) is 0 Å². The SMILES string of the molecule is CCC(CCO)CNC(=O)CC1(N)CCCC1. The first kappa shape index (κ1) is 14.5. The van der Waals surface area contributed by atoms with E-state index in [4.69, 9.17) is 10.8 Å². The molecule has 0 aliphatic heterocycles. The Kier molecular flexibility index (Phi) is 5.92. The van der Waals surface area contributed by atoms with Gasteiger partial charge in [-0.25, -0.2) is 0 Å². The molecule has 0 heterocycles. The van der Waals surface area contributed by atoms with Crippen LogP contribution in [0.5, 0.6) is 0 Å². The molecular formula is C13H26N2O2. The molecule has 0 aromatic rings. The number of aliphatic hydroxyl groups is 1. The van der Waals surface area contributed by atoms with Crippen LogP contribution in [0.1, 0.15) is 51.9 Å². The third-order valence-corrected chi connectivity index (χ3v) is 3.81. The summed E-state index contributed by atoms with van der Waals surface area (Å²) >= 11 is 0. The summed E-state index contributed by atoms with van der Waals surface area (Å²) in [6.07, 6.45) is 6.40. The molecule has 4 N–H and O–H groups in total. The number of amides is 1. The van der Waals surface area contributed by atoms with E-state index in [9.17, 15) is 4.79 Å². The van der Waals surface area contributed by atoms with Crippen LogP contribution >= 0.6 is 0 Å². The molecule has 1 aliphatic carbocycles. The summed E-state index contributed by atoms with van der Waals surface area (Å²) < 4.78 is 0. The van der Waals surface area contributed by atoms with Gasteiger partial charge in [-0.3, -0.25) is 4.79 Å². The number of rotatable bonds is 7. The van der Waals surface area contributed by atoms with Gasteiger partial charge in [0.2, 0.25) is 5.91 Å². The molecule has 1 amide bonds. The van der Waals surface area contributed by atoms with Crippen LogP contribution in [-0.2, 0) is 4.79 Å². The van der Waals surface area contributed by atoms with Crippen molar-refractivity contribution in [2.75, 3.05) is 13.2 Å². The molecule has 4 nitrogen and oxygen atoms in total. The Morgan fingerprint density at radius 3 is 2.65 bits per heavy atom. The Balaban J connectivity index is 2.24. The van der Waals surface area contributed by atoms with Crippen LogP contribution < -0.4 is 11.1 Å². The van der Waals surface area contributed by atoms with Crippen LogP contribution in [-0.4, -0.2) is 29.7 Å². The van der Waals surface area contributed by atoms with Gasteiger partial charge >= 0.3 is 0 Å². The minimum atomic E-state index is -0.261. The molecule has 1 aliphatic rings. The number of aliphatic hydroxyl groups excluding tert-OH is 1. The van der Waals surface area contributed by atoms with E-state index < -0.39 is 0 Å². The van der Waals surface area contributed by atoms with Gasteiger partial charge in [-0.2, -0.15) is 0 Å². The van der Waals surface area contributed by atoms with Crippen molar-refractivity contribution in [2.24, 2.45) is 11.7 Å². The highest BCUT2D eigenvalue weighted by molar-refractivity contribution is 5.77. The molecule has 17 heavy (non-hydrogen) atoms. The van der Waals surface area contributed by atoms with Crippen molar-refractivity contribution < 1.29 is 9.90 Å². The van der Waals surface area contributed by atoms with E-state index in [2.05, 4.69) is 12.2 Å². The second-order valence-corrected chi connectivity index (χ2v) is 5.34. The van der Waals surface area contributed by atoms with E-state index in [1.807, 2.05) is 0 Å². The number of carbonyl (C=O) groups is 1. The molecule has 0 aromatic carbocycles. The van der Waals surface area contributed by atoms with Crippen LogP contribution in [0.4, 0.5) is 0 Å². The Hall–Kier alpha value is -0.610. The van der Waals surface area contributed by atoms with Crippen LogP contribution in [0.2, 0.25) is 0 Å². The van der Waals surface area contributed by atoms with Crippen molar-refractivity contribution in [3.05, 3.63) is 0 Å². The monoisotopic (exact) mass is 242 g/mol. The van der Waals surface area contributed by atoms with E-state index in [-0.39, 0.29) is 18.1 Å². The molecule has 1 rings (SSSR count). The van der Waals surface area contributed by atoms with E-state index in [0.29, 0.717) is 18.9 Å². The molecular weight excluding hydrogens is 216 g/mol. The maximum absolute atomic E-state index is 11.8. The van der Waals surface area contributed by atoms with Crippen molar-refractivity contribution in [2.45, 2.75) is 57.4 Å². The summed E-state index contributed by atoms with van der Waals surface area (Å²) in [5.41, 5.74) is 5.90. The van der Waals surface area contributed by atoms with Crippen molar-refractivity contribution in [3.8, 4) is 0 Å². The smallest absolute Gasteiger partial charge is 0.221 e. The lowest BCUT2D eigenvalue weighted by Gasteiger charge is -2.23. The molecule has 1 fully saturated rings. The quantitative estimate of drug-likeness (QED) is 0.627. The molecule has 1 saturated carbocycles. The molecule has 0 aromatic heterocycles. The van der Waals surface area contributed by atoms with Gasteiger partial charge in [0.25, 0.3) is 0 Å². The second-order valence-electron chi connectivity index (χ2n) is 5.34. The van der Waals surface area contributed by atoms with Gasteiger partial charge in [0.1, 0.15) is 0 Å². The molecule has 100 valence electrons. The fraction of sp³-hybridized carbons (Fsp3) is 0.923. The Labute approximate surface area is 104 Å². The number of hydrogen-bond donors (Lipinski definition) is 3. The zero-order valence-electron chi connectivity index (χ0n) is 10.9. The van der Waals surface area contributed by atoms with Gasteiger partial charge in [-0.05, 0) is 25.2 Å². The summed E-state index contributed by atoms with van der Waals surface area (Å²) in [5.74, 6) is 0.437. The fourth-order valence-electron chi connectivity index (χ4n) is 2.53. The second kappa shape index (κ2) is 6.97. The Bertz CT molecular complexity index is 238. The highest BCUT2D eigenvalue weighted by Crippen LogP contribution is 2.29. The zero-order chi connectivity index (χ0) is 12.7. The normalized spacial score (nSPS) is 20.2. The van der Waals surface area contributed by atoms with Gasteiger partial charge < -0.3 is 16.2 Å². The predicted molar refractivity (Wildman–Crippen MR) is 68.5 cm³/mol. The summed E-state index contributed by atoms with van der Waals surface area (Å²) in [7, 11) is 0. The first-order chi connectivity index (χ1) is 8.09. The van der Waals surface area contributed by atoms with Crippen LogP contribution in [0, 0.1) is 5.92 Å². The molecule has 0 saturated heterocycles. The zero-order valence-corrected chi connectivity index (χ0v) is 10.9. The third kappa shape index (κ3) is 5.04. The average molecular weight is 242 g/mol. The lowest BCUT2D eigenvalue weighted by atomic mass is 9.94. The minimum absolute atomic E-state index is 0.0609. The van der Waals surface area contributed by atoms with Crippen molar-refractivity contribution in [3.63, 3.8) is 0 Å². The first-order valence-corrected chi connectivity index (χ1v) is 6.76. The van der Waals surface area contributed by atoms with Crippen molar-refractivity contribution >= 4 is 5.91 Å². The van der Waals surface area contributed by atoms with Crippen molar-refractivity contribution in [1.29, 1.82) is 0 Å². The van der Waals surface area contributed by atoms with Crippen LogP contribution in [0.15, 0.2) is 0 Å². The fourth-order valence-corrected chi connectivity index (χ4v) is 2.53. The third-order valence-electron chi connectivity index (χ3n) is 3.81. The average Bonchev–Trinajstić information content (AvgIpc) is 2.70. The topological polar surface area (TPSA) is 75.3 Å². The van der Waals surface area contributed by atoms with Gasteiger partial charge in [0, 0.05) is 25.1 Å². The van der Waals surface area contributed by atoms with E-state index in [1.54, 1.807) is 0 Å². The lowest BCUT2D eigenvalue weighted by molar-refractivity contribution is -0.122. The highest BCUT2D eigenvalue weighted by atomic mass is 16.3. The summed E-state index contributed by atoms with van der Waals surface area (Å²) in [5, 5.41) is 11.8. The van der Waals surface area contributed by atoms with Crippen LogP contribution in [0.25, 0.3) is 0 Å². The summed E-state index contributed by atoms with van der Waals surface area (Å²) in [6.45, 7) is 2.93. The molecule has 0 radical (unpaired) electrons. The number of nitrogens with one attached hydrogen (secondary N) is 1. The largest absolute Gasteiger partial charge is 0.396 e. The standard InChI is InChI=1S/C13H26N2O2/c1-2-11(5-8-16)10-15-12(17)9-13(14)6-3-4-7-13/h11,16H,2-10,14H2,1H3,(H,15,17). The molecule has 1 unspecified atom stereocenters. The summed E-state index contributed by atoms with van der Waals surface area (Å²) in [4.78, 5) is 11.8. The molecule has 0 spiro atoms. The Morgan fingerprint density at radius 2 is 2.12 bits per heavy atom. The predicted octanol–water partition coefficient (Wildman–Crippen LogP) is 1.17. The number of nitrogens with two attached hydrogens (primary N) is 1. The maximum atomic E-state index is 11.8. The highest BCUT2D eigenvalue weighted by Gasteiger charge is 2.31. The molecule has 4 heteroatoms. The summed E-state index contributed by atoms with van der Waals surface area (Å²) in [6, 6.07) is 0. The van der Waals surface area contributed by atoms with Crippen molar-refractivity contribution in [1.82, 2.24) is 5.32 Å². The minimum Gasteiger partial charge on any atom is -0.396 e. The number of carbonyl (C=O) groups excluding carboxylic acids is 1. The molecule has 0 bridgehead atoms. The Morgan fingerprint density at radius 1 is 1.47 bits per heavy atom. The van der Waals surface area contributed by atoms with Gasteiger partial charge in [-0.1, -0.05) is 26.2 Å². The molecule has 1 atom stereocenters. The van der Waals surface area contributed by atoms with Gasteiger partial charge in [-0.15, -0.1) is 0 Å². The van der Waals surface area contributed by atoms with E-state index in [1.165, 1.54) is 0 Å². The lowest BCUT2D eigenvalue weighted by Crippen LogP contribution is -2.43. The van der Waals surface area contributed by atoms with Crippen LogP contribution in [0.3, 0.4) is 0 Å². The van der Waals surface area contributed by atoms with Gasteiger partial charge in [0.15, 0.2) is 0 Å².